The second-order valence-corrected chi connectivity index (χ2v) is 7.43. The van der Waals surface area contributed by atoms with Crippen molar-refractivity contribution >= 4 is 35.3 Å². The molecule has 2 aromatic rings. The molecule has 2 amide bonds. The molecular formula is C20H22N2O3S. The minimum absolute atomic E-state index is 0.0550. The number of thioether (sulfide) groups is 1. The molecule has 6 heteroatoms. The lowest BCUT2D eigenvalue weighted by Gasteiger charge is -2.26. The van der Waals surface area contributed by atoms with Crippen molar-refractivity contribution in [3.05, 3.63) is 59.1 Å². The van der Waals surface area contributed by atoms with Crippen molar-refractivity contribution in [2.24, 2.45) is 0 Å². The third-order valence-corrected chi connectivity index (χ3v) is 5.13. The Morgan fingerprint density at radius 1 is 1.15 bits per heavy atom. The van der Waals surface area contributed by atoms with Crippen LogP contribution in [0.3, 0.4) is 0 Å². The van der Waals surface area contributed by atoms with Crippen molar-refractivity contribution in [3.63, 3.8) is 0 Å². The number of hydrogen-bond acceptors (Lipinski definition) is 4. The Morgan fingerprint density at radius 2 is 1.92 bits per heavy atom. The summed E-state index contributed by atoms with van der Waals surface area (Å²) in [6, 6.07) is 9.04. The molecule has 1 aliphatic rings. The lowest BCUT2D eigenvalue weighted by molar-refractivity contribution is -0.111. The Labute approximate surface area is 157 Å². The topological polar surface area (TPSA) is 62.6 Å². The third kappa shape index (κ3) is 4.58. The number of hydrogen-bond donors (Lipinski definition) is 1. The Hall–Kier alpha value is -2.47. The van der Waals surface area contributed by atoms with Gasteiger partial charge in [0.15, 0.2) is 0 Å². The molecule has 0 bridgehead atoms. The molecule has 5 nitrogen and oxygen atoms in total. The summed E-state index contributed by atoms with van der Waals surface area (Å²) < 4.78 is 5.40. The average molecular weight is 370 g/mol. The van der Waals surface area contributed by atoms with Gasteiger partial charge in [0.1, 0.15) is 11.5 Å². The summed E-state index contributed by atoms with van der Waals surface area (Å²) in [5, 5.41) is 2.84. The molecule has 3 rings (SSSR count). The van der Waals surface area contributed by atoms with E-state index in [4.69, 9.17) is 4.42 Å². The van der Waals surface area contributed by atoms with Crippen LogP contribution in [0.2, 0.25) is 0 Å². The van der Waals surface area contributed by atoms with Crippen LogP contribution in [0.15, 0.2) is 40.8 Å². The lowest BCUT2D eigenvalue weighted by Crippen LogP contribution is -2.37. The molecule has 0 atom stereocenters. The smallest absolute Gasteiger partial charge is 0.253 e. The lowest BCUT2D eigenvalue weighted by atomic mass is 10.1. The second kappa shape index (κ2) is 8.27. The number of carbonyl (C=O) groups is 2. The molecule has 0 spiro atoms. The van der Waals surface area contributed by atoms with E-state index < -0.39 is 0 Å². The summed E-state index contributed by atoms with van der Waals surface area (Å²) in [6.07, 6.45) is 3.06. The van der Waals surface area contributed by atoms with Crippen molar-refractivity contribution in [2.75, 3.05) is 29.9 Å². The van der Waals surface area contributed by atoms with Crippen LogP contribution in [0.1, 0.15) is 27.4 Å². The molecule has 2 heterocycles. The summed E-state index contributed by atoms with van der Waals surface area (Å²) >= 11 is 1.87. The van der Waals surface area contributed by atoms with Gasteiger partial charge in [0, 0.05) is 41.9 Å². The van der Waals surface area contributed by atoms with Gasteiger partial charge in [0.25, 0.3) is 5.91 Å². The van der Waals surface area contributed by atoms with Gasteiger partial charge in [-0.15, -0.1) is 0 Å². The zero-order valence-corrected chi connectivity index (χ0v) is 15.8. The van der Waals surface area contributed by atoms with Crippen molar-refractivity contribution < 1.29 is 14.0 Å². The van der Waals surface area contributed by atoms with E-state index in [1.807, 2.05) is 48.7 Å². The molecule has 136 valence electrons. The van der Waals surface area contributed by atoms with Gasteiger partial charge in [0.2, 0.25) is 5.91 Å². The number of amides is 2. The Bertz CT molecular complexity index is 835. The quantitative estimate of drug-likeness (QED) is 0.833. The first-order valence-electron chi connectivity index (χ1n) is 8.56. The molecule has 1 aliphatic heterocycles. The Kier molecular flexibility index (Phi) is 5.83. The maximum Gasteiger partial charge on any atom is 0.253 e. The minimum atomic E-state index is -0.241. The molecular weight excluding hydrogens is 348 g/mol. The van der Waals surface area contributed by atoms with E-state index in [0.717, 1.165) is 35.9 Å². The number of aryl methyl sites for hydroxylation is 2. The molecule has 1 aromatic heterocycles. The molecule has 1 fully saturated rings. The largest absolute Gasteiger partial charge is 0.462 e. The number of nitrogens with one attached hydrogen (secondary N) is 1. The van der Waals surface area contributed by atoms with Gasteiger partial charge < -0.3 is 14.6 Å². The maximum atomic E-state index is 12.6. The van der Waals surface area contributed by atoms with Gasteiger partial charge in [0.05, 0.1) is 0 Å². The number of anilines is 1. The molecule has 0 saturated carbocycles. The molecule has 26 heavy (non-hydrogen) atoms. The summed E-state index contributed by atoms with van der Waals surface area (Å²) in [6.45, 7) is 5.32. The molecule has 1 saturated heterocycles. The van der Waals surface area contributed by atoms with E-state index in [1.165, 1.54) is 6.08 Å². The van der Waals surface area contributed by atoms with Gasteiger partial charge in [-0.25, -0.2) is 0 Å². The number of carbonyl (C=O) groups excluding carboxylic acids is 2. The highest BCUT2D eigenvalue weighted by Gasteiger charge is 2.18. The summed E-state index contributed by atoms with van der Waals surface area (Å²) in [4.78, 5) is 26.5. The van der Waals surface area contributed by atoms with Crippen molar-refractivity contribution in [3.8, 4) is 0 Å². The van der Waals surface area contributed by atoms with Crippen LogP contribution in [0.5, 0.6) is 0 Å². The first kappa shape index (κ1) is 18.3. The van der Waals surface area contributed by atoms with E-state index in [1.54, 1.807) is 18.2 Å². The van der Waals surface area contributed by atoms with Gasteiger partial charge in [-0.05, 0) is 55.8 Å². The third-order valence-electron chi connectivity index (χ3n) is 4.19. The van der Waals surface area contributed by atoms with E-state index in [-0.39, 0.29) is 11.8 Å². The van der Waals surface area contributed by atoms with E-state index in [9.17, 15) is 9.59 Å². The fourth-order valence-electron chi connectivity index (χ4n) is 2.76. The Morgan fingerprint density at radius 3 is 2.58 bits per heavy atom. The molecule has 0 unspecified atom stereocenters. The second-order valence-electron chi connectivity index (χ2n) is 6.21. The standard InChI is InChI=1S/C20H22N2O3S/c1-14-13-16(20(24)22-9-11-26-12-10-22)4-7-18(14)21-19(23)8-6-17-5-3-15(2)25-17/h3-8,13H,9-12H2,1-2H3,(H,21,23)/b8-6+. The van der Waals surface area contributed by atoms with Crippen LogP contribution in [-0.4, -0.2) is 41.3 Å². The van der Waals surface area contributed by atoms with Crippen LogP contribution in [0.25, 0.3) is 6.08 Å². The summed E-state index contributed by atoms with van der Waals surface area (Å²) in [7, 11) is 0. The van der Waals surface area contributed by atoms with Crippen LogP contribution in [0.4, 0.5) is 5.69 Å². The maximum absolute atomic E-state index is 12.6. The monoisotopic (exact) mass is 370 g/mol. The van der Waals surface area contributed by atoms with E-state index >= 15 is 0 Å². The van der Waals surface area contributed by atoms with Crippen LogP contribution in [0, 0.1) is 13.8 Å². The fraction of sp³-hybridized carbons (Fsp3) is 0.300. The van der Waals surface area contributed by atoms with Gasteiger partial charge >= 0.3 is 0 Å². The summed E-state index contributed by atoms with van der Waals surface area (Å²) in [5.74, 6) is 3.22. The SMILES string of the molecule is Cc1ccc(/C=C/C(=O)Nc2ccc(C(=O)N3CCSCC3)cc2C)o1. The molecule has 0 aliphatic carbocycles. The zero-order valence-electron chi connectivity index (χ0n) is 15.0. The number of benzene rings is 1. The molecule has 1 aromatic carbocycles. The van der Waals surface area contributed by atoms with Gasteiger partial charge in [-0.3, -0.25) is 9.59 Å². The van der Waals surface area contributed by atoms with Crippen molar-refractivity contribution in [2.45, 2.75) is 13.8 Å². The van der Waals surface area contributed by atoms with Crippen LogP contribution < -0.4 is 5.32 Å². The van der Waals surface area contributed by atoms with E-state index in [0.29, 0.717) is 17.0 Å². The average Bonchev–Trinajstić information content (AvgIpc) is 3.07. The van der Waals surface area contributed by atoms with Gasteiger partial charge in [-0.1, -0.05) is 0 Å². The predicted octanol–water partition coefficient (Wildman–Crippen LogP) is 3.74. The summed E-state index contributed by atoms with van der Waals surface area (Å²) in [5.41, 5.74) is 2.22. The first-order valence-corrected chi connectivity index (χ1v) is 9.71. The number of furan rings is 1. The van der Waals surface area contributed by atoms with Crippen molar-refractivity contribution in [1.29, 1.82) is 0 Å². The zero-order chi connectivity index (χ0) is 18.5. The van der Waals surface area contributed by atoms with Crippen LogP contribution in [-0.2, 0) is 4.79 Å². The van der Waals surface area contributed by atoms with Crippen molar-refractivity contribution in [1.82, 2.24) is 4.90 Å². The number of nitrogens with zero attached hydrogens (tertiary/aromatic N) is 1. The normalized spacial score (nSPS) is 14.6. The van der Waals surface area contributed by atoms with E-state index in [2.05, 4.69) is 5.32 Å². The fourth-order valence-corrected chi connectivity index (χ4v) is 3.66. The first-order chi connectivity index (χ1) is 12.5. The van der Waals surface area contributed by atoms with Crippen LogP contribution >= 0.6 is 11.8 Å². The highest BCUT2D eigenvalue weighted by Crippen LogP contribution is 2.19. The predicted molar refractivity (Wildman–Crippen MR) is 106 cm³/mol. The molecule has 0 radical (unpaired) electrons. The van der Waals surface area contributed by atoms with Gasteiger partial charge in [-0.2, -0.15) is 11.8 Å². The Balaban J connectivity index is 1.64. The highest BCUT2D eigenvalue weighted by molar-refractivity contribution is 7.99. The minimum Gasteiger partial charge on any atom is -0.462 e. The number of rotatable bonds is 4. The molecule has 1 N–H and O–H groups in total. The highest BCUT2D eigenvalue weighted by atomic mass is 32.2.